The summed E-state index contributed by atoms with van der Waals surface area (Å²) in [4.78, 5) is 16.6. The molecule has 0 N–H and O–H groups in total. The van der Waals surface area contributed by atoms with E-state index in [4.69, 9.17) is 23.2 Å². The van der Waals surface area contributed by atoms with E-state index >= 15 is 0 Å². The first-order valence-corrected chi connectivity index (χ1v) is 7.33. The van der Waals surface area contributed by atoms with Crippen molar-refractivity contribution in [1.82, 2.24) is 9.55 Å². The zero-order valence-electron chi connectivity index (χ0n) is 11.3. The number of hydrogen-bond donors (Lipinski definition) is 0. The SMILES string of the molecule is CCc1nc(=O)n(-c2ccccc2Cl)c2cc(Cl)ccc12. The number of nitrogens with zero attached hydrogens (tertiary/aromatic N) is 2. The van der Waals surface area contributed by atoms with Crippen LogP contribution >= 0.6 is 23.2 Å². The third-order valence-corrected chi connectivity index (χ3v) is 3.92. The average Bonchev–Trinajstić information content (AvgIpc) is 2.47. The van der Waals surface area contributed by atoms with Crippen LogP contribution in [0.4, 0.5) is 0 Å². The first-order chi connectivity index (χ1) is 10.1. The fourth-order valence-electron chi connectivity index (χ4n) is 2.40. The molecule has 3 rings (SSSR count). The minimum atomic E-state index is -0.352. The number of para-hydroxylation sites is 1. The lowest BCUT2D eigenvalue weighted by Crippen LogP contribution is -2.23. The third kappa shape index (κ3) is 2.43. The normalized spacial score (nSPS) is 11.0. The molecule has 3 aromatic rings. The molecule has 0 aliphatic carbocycles. The number of rotatable bonds is 2. The van der Waals surface area contributed by atoms with Gasteiger partial charge in [0.15, 0.2) is 0 Å². The summed E-state index contributed by atoms with van der Waals surface area (Å²) >= 11 is 12.3. The van der Waals surface area contributed by atoms with Gasteiger partial charge in [-0.25, -0.2) is 4.79 Å². The predicted octanol–water partition coefficient (Wildman–Crippen LogP) is 4.25. The highest BCUT2D eigenvalue weighted by Crippen LogP contribution is 2.26. The van der Waals surface area contributed by atoms with Crippen molar-refractivity contribution in [2.75, 3.05) is 0 Å². The van der Waals surface area contributed by atoms with Crippen LogP contribution in [0, 0.1) is 0 Å². The average molecular weight is 319 g/mol. The minimum Gasteiger partial charge on any atom is -0.259 e. The summed E-state index contributed by atoms with van der Waals surface area (Å²) in [7, 11) is 0. The molecule has 0 unspecified atom stereocenters. The molecule has 21 heavy (non-hydrogen) atoms. The van der Waals surface area contributed by atoms with E-state index in [2.05, 4.69) is 4.98 Å². The van der Waals surface area contributed by atoms with Gasteiger partial charge in [-0.1, -0.05) is 42.3 Å². The summed E-state index contributed by atoms with van der Waals surface area (Å²) in [6, 6.07) is 12.6. The number of halogens is 2. The fourth-order valence-corrected chi connectivity index (χ4v) is 2.78. The number of aromatic nitrogens is 2. The molecule has 0 saturated carbocycles. The van der Waals surface area contributed by atoms with Crippen LogP contribution in [-0.2, 0) is 6.42 Å². The molecule has 0 bridgehead atoms. The molecule has 0 saturated heterocycles. The van der Waals surface area contributed by atoms with Crippen molar-refractivity contribution in [3.63, 3.8) is 0 Å². The van der Waals surface area contributed by atoms with Crippen molar-refractivity contribution < 1.29 is 0 Å². The van der Waals surface area contributed by atoms with Gasteiger partial charge in [-0.05, 0) is 36.8 Å². The Kier molecular flexibility index (Phi) is 3.70. The van der Waals surface area contributed by atoms with Crippen molar-refractivity contribution in [3.8, 4) is 5.69 Å². The number of aryl methyl sites for hydroxylation is 1. The highest BCUT2D eigenvalue weighted by Gasteiger charge is 2.13. The van der Waals surface area contributed by atoms with Gasteiger partial charge >= 0.3 is 5.69 Å². The molecular formula is C16H12Cl2N2O. The lowest BCUT2D eigenvalue weighted by atomic mass is 10.1. The maximum Gasteiger partial charge on any atom is 0.352 e. The second-order valence-electron chi connectivity index (χ2n) is 4.64. The van der Waals surface area contributed by atoms with Crippen LogP contribution in [0.15, 0.2) is 47.3 Å². The van der Waals surface area contributed by atoms with Crippen LogP contribution in [0.5, 0.6) is 0 Å². The van der Waals surface area contributed by atoms with Crippen LogP contribution in [0.25, 0.3) is 16.6 Å². The van der Waals surface area contributed by atoms with Crippen LogP contribution in [0.3, 0.4) is 0 Å². The Balaban J connectivity index is 2.48. The molecule has 0 fully saturated rings. The third-order valence-electron chi connectivity index (χ3n) is 3.36. The quantitative estimate of drug-likeness (QED) is 0.707. The molecule has 2 aromatic carbocycles. The first-order valence-electron chi connectivity index (χ1n) is 6.58. The van der Waals surface area contributed by atoms with Gasteiger partial charge in [0.25, 0.3) is 0 Å². The molecule has 0 radical (unpaired) electrons. The molecule has 1 heterocycles. The minimum absolute atomic E-state index is 0.352. The standard InChI is InChI=1S/C16H12Cl2N2O/c1-2-13-11-8-7-10(17)9-15(11)20(16(21)19-13)14-6-4-3-5-12(14)18/h3-9H,2H2,1H3. The largest absolute Gasteiger partial charge is 0.352 e. The first kappa shape index (κ1) is 14.1. The summed E-state index contributed by atoms with van der Waals surface area (Å²) in [5.74, 6) is 0. The van der Waals surface area contributed by atoms with E-state index in [0.717, 1.165) is 11.1 Å². The van der Waals surface area contributed by atoms with E-state index in [1.165, 1.54) is 4.57 Å². The molecule has 0 aliphatic heterocycles. The Hall–Kier alpha value is -1.84. The van der Waals surface area contributed by atoms with Crippen molar-refractivity contribution >= 4 is 34.1 Å². The molecule has 3 nitrogen and oxygen atoms in total. The van der Waals surface area contributed by atoms with Gasteiger partial charge in [0.2, 0.25) is 0 Å². The molecule has 0 atom stereocenters. The van der Waals surface area contributed by atoms with E-state index in [9.17, 15) is 4.79 Å². The zero-order valence-corrected chi connectivity index (χ0v) is 12.8. The maximum atomic E-state index is 12.4. The summed E-state index contributed by atoms with van der Waals surface area (Å²) in [5, 5.41) is 1.96. The molecule has 1 aromatic heterocycles. The van der Waals surface area contributed by atoms with E-state index in [1.54, 1.807) is 24.3 Å². The monoisotopic (exact) mass is 318 g/mol. The Morgan fingerprint density at radius 2 is 1.90 bits per heavy atom. The molecule has 5 heteroatoms. The second kappa shape index (κ2) is 5.51. The predicted molar refractivity (Wildman–Crippen MR) is 86.7 cm³/mol. The van der Waals surface area contributed by atoms with E-state index in [1.807, 2.05) is 25.1 Å². The number of benzene rings is 2. The molecular weight excluding hydrogens is 307 g/mol. The molecule has 0 amide bonds. The van der Waals surface area contributed by atoms with Gasteiger partial charge in [-0.2, -0.15) is 4.98 Å². The van der Waals surface area contributed by atoms with Crippen molar-refractivity contribution in [1.29, 1.82) is 0 Å². The Labute approximate surface area is 131 Å². The summed E-state index contributed by atoms with van der Waals surface area (Å²) in [6.07, 6.45) is 0.677. The number of fused-ring (bicyclic) bond motifs is 1. The lowest BCUT2D eigenvalue weighted by Gasteiger charge is -2.13. The van der Waals surface area contributed by atoms with Crippen LogP contribution in [0.1, 0.15) is 12.6 Å². The Morgan fingerprint density at radius 1 is 1.14 bits per heavy atom. The van der Waals surface area contributed by atoms with Gasteiger partial charge in [-0.3, -0.25) is 4.57 Å². The van der Waals surface area contributed by atoms with Gasteiger partial charge in [-0.15, -0.1) is 0 Å². The van der Waals surface area contributed by atoms with E-state index in [-0.39, 0.29) is 5.69 Å². The van der Waals surface area contributed by atoms with Gasteiger partial charge in [0.05, 0.1) is 21.9 Å². The topological polar surface area (TPSA) is 34.9 Å². The smallest absolute Gasteiger partial charge is 0.259 e. The van der Waals surface area contributed by atoms with Crippen molar-refractivity contribution in [3.05, 3.63) is 68.7 Å². The second-order valence-corrected chi connectivity index (χ2v) is 5.49. The van der Waals surface area contributed by atoms with Crippen LogP contribution in [0.2, 0.25) is 10.0 Å². The van der Waals surface area contributed by atoms with E-state index < -0.39 is 0 Å². The Morgan fingerprint density at radius 3 is 2.62 bits per heavy atom. The van der Waals surface area contributed by atoms with Gasteiger partial charge in [0, 0.05) is 10.4 Å². The molecule has 106 valence electrons. The zero-order chi connectivity index (χ0) is 15.0. The molecule has 0 spiro atoms. The van der Waals surface area contributed by atoms with Crippen LogP contribution in [-0.4, -0.2) is 9.55 Å². The van der Waals surface area contributed by atoms with Crippen LogP contribution < -0.4 is 5.69 Å². The highest BCUT2D eigenvalue weighted by atomic mass is 35.5. The fraction of sp³-hybridized carbons (Fsp3) is 0.125. The van der Waals surface area contributed by atoms with Crippen molar-refractivity contribution in [2.45, 2.75) is 13.3 Å². The van der Waals surface area contributed by atoms with Gasteiger partial charge < -0.3 is 0 Å². The lowest BCUT2D eigenvalue weighted by molar-refractivity contribution is 0.910. The van der Waals surface area contributed by atoms with Gasteiger partial charge in [0.1, 0.15) is 0 Å². The Bertz CT molecular complexity index is 887. The maximum absolute atomic E-state index is 12.4. The summed E-state index contributed by atoms with van der Waals surface area (Å²) in [5.41, 5.74) is 1.73. The van der Waals surface area contributed by atoms with Crippen molar-refractivity contribution in [2.24, 2.45) is 0 Å². The van der Waals surface area contributed by atoms with E-state index in [0.29, 0.717) is 27.7 Å². The summed E-state index contributed by atoms with van der Waals surface area (Å²) < 4.78 is 1.50. The summed E-state index contributed by atoms with van der Waals surface area (Å²) in [6.45, 7) is 1.97. The molecule has 0 aliphatic rings. The highest BCUT2D eigenvalue weighted by molar-refractivity contribution is 6.32. The number of hydrogen-bond acceptors (Lipinski definition) is 2.